The lowest BCUT2D eigenvalue weighted by molar-refractivity contribution is -0.446. The van der Waals surface area contributed by atoms with Crippen LogP contribution in [0.15, 0.2) is 30.3 Å². The van der Waals surface area contributed by atoms with Gasteiger partial charge in [0.1, 0.15) is 0 Å². The van der Waals surface area contributed by atoms with E-state index in [1.54, 1.807) is 0 Å². The van der Waals surface area contributed by atoms with Crippen molar-refractivity contribution in [3.63, 3.8) is 0 Å². The summed E-state index contributed by atoms with van der Waals surface area (Å²) < 4.78 is 25.7. The van der Waals surface area contributed by atoms with E-state index < -0.39 is 11.6 Å². The standard InChI is InChI=1S/C27H48O4/c1-6-11-13-14-15-19-22-26(31-23-12-7-2,24-25-20-17-16-18-21-25)27(28-8-3,29-9-4)30-10-5/h16-18,20-21H,6-15,19,22-24H2,1-5H3. The van der Waals surface area contributed by atoms with E-state index >= 15 is 0 Å². The largest absolute Gasteiger partial charge is 0.366 e. The zero-order valence-electron chi connectivity index (χ0n) is 20.9. The molecule has 0 spiro atoms. The fourth-order valence-corrected chi connectivity index (χ4v) is 4.18. The van der Waals surface area contributed by atoms with Gasteiger partial charge in [0, 0.05) is 32.8 Å². The third kappa shape index (κ3) is 9.21. The molecule has 0 heterocycles. The Balaban J connectivity index is 3.27. The molecule has 0 saturated heterocycles. The van der Waals surface area contributed by atoms with Crippen LogP contribution in [0.2, 0.25) is 0 Å². The molecule has 1 atom stereocenters. The molecular weight excluding hydrogens is 388 g/mol. The summed E-state index contributed by atoms with van der Waals surface area (Å²) in [5.74, 6) is -1.21. The first kappa shape index (κ1) is 28.1. The van der Waals surface area contributed by atoms with E-state index in [1.807, 2.05) is 20.8 Å². The normalized spacial score (nSPS) is 14.0. The van der Waals surface area contributed by atoms with Gasteiger partial charge in [-0.3, -0.25) is 0 Å². The van der Waals surface area contributed by atoms with Crippen molar-refractivity contribution in [2.45, 2.75) is 110 Å². The second-order valence-electron chi connectivity index (χ2n) is 8.23. The number of rotatable bonds is 20. The predicted octanol–water partition coefficient (Wildman–Crippen LogP) is 7.30. The minimum atomic E-state index is -1.21. The molecule has 0 bridgehead atoms. The first-order valence-corrected chi connectivity index (χ1v) is 12.7. The maximum absolute atomic E-state index is 6.75. The van der Waals surface area contributed by atoms with Gasteiger partial charge in [0.15, 0.2) is 5.60 Å². The molecule has 180 valence electrons. The second kappa shape index (κ2) is 16.7. The monoisotopic (exact) mass is 436 g/mol. The van der Waals surface area contributed by atoms with Crippen LogP contribution in [0.1, 0.15) is 98.0 Å². The van der Waals surface area contributed by atoms with Crippen molar-refractivity contribution < 1.29 is 18.9 Å². The van der Waals surface area contributed by atoms with E-state index in [0.29, 0.717) is 32.8 Å². The molecule has 0 aliphatic carbocycles. The quantitative estimate of drug-likeness (QED) is 0.159. The molecule has 0 amide bonds. The molecule has 0 N–H and O–H groups in total. The molecule has 4 nitrogen and oxygen atoms in total. The molecule has 1 unspecified atom stereocenters. The molecule has 31 heavy (non-hydrogen) atoms. The van der Waals surface area contributed by atoms with Crippen LogP contribution in [0.4, 0.5) is 0 Å². The molecule has 4 heteroatoms. The van der Waals surface area contributed by atoms with Gasteiger partial charge in [0.05, 0.1) is 0 Å². The highest BCUT2D eigenvalue weighted by molar-refractivity contribution is 5.18. The van der Waals surface area contributed by atoms with Gasteiger partial charge in [-0.05, 0) is 39.2 Å². The zero-order chi connectivity index (χ0) is 22.8. The third-order valence-corrected chi connectivity index (χ3v) is 5.70. The number of ether oxygens (including phenoxy) is 4. The Hall–Kier alpha value is -0.940. The van der Waals surface area contributed by atoms with Gasteiger partial charge in [0.2, 0.25) is 0 Å². The van der Waals surface area contributed by atoms with Crippen molar-refractivity contribution in [2.75, 3.05) is 26.4 Å². The van der Waals surface area contributed by atoms with Gasteiger partial charge < -0.3 is 18.9 Å². The predicted molar refractivity (Wildman–Crippen MR) is 129 cm³/mol. The molecule has 0 aromatic heterocycles. The van der Waals surface area contributed by atoms with Gasteiger partial charge in [-0.15, -0.1) is 0 Å². The molecule has 0 aliphatic heterocycles. The van der Waals surface area contributed by atoms with Gasteiger partial charge in [-0.2, -0.15) is 0 Å². The Labute approximate surface area is 192 Å². The average Bonchev–Trinajstić information content (AvgIpc) is 2.77. The molecule has 0 fully saturated rings. The Morgan fingerprint density at radius 2 is 1.16 bits per heavy atom. The number of hydrogen-bond donors (Lipinski definition) is 0. The van der Waals surface area contributed by atoms with Crippen LogP contribution in [0.3, 0.4) is 0 Å². The summed E-state index contributed by atoms with van der Waals surface area (Å²) in [6.07, 6.45) is 11.0. The van der Waals surface area contributed by atoms with E-state index in [9.17, 15) is 0 Å². The molecule has 1 aromatic rings. The average molecular weight is 437 g/mol. The van der Waals surface area contributed by atoms with Gasteiger partial charge in [-0.25, -0.2) is 0 Å². The Morgan fingerprint density at radius 3 is 1.71 bits per heavy atom. The number of hydrogen-bond acceptors (Lipinski definition) is 4. The lowest BCUT2D eigenvalue weighted by Gasteiger charge is -2.48. The van der Waals surface area contributed by atoms with Crippen LogP contribution >= 0.6 is 0 Å². The minimum absolute atomic E-state index is 0.504. The van der Waals surface area contributed by atoms with Crippen LogP contribution in [0.5, 0.6) is 0 Å². The first-order valence-electron chi connectivity index (χ1n) is 12.7. The van der Waals surface area contributed by atoms with E-state index in [2.05, 4.69) is 44.2 Å². The summed E-state index contributed by atoms with van der Waals surface area (Å²) in [5, 5.41) is 0. The third-order valence-electron chi connectivity index (χ3n) is 5.70. The van der Waals surface area contributed by atoms with Crippen LogP contribution in [-0.2, 0) is 25.4 Å². The van der Waals surface area contributed by atoms with Crippen molar-refractivity contribution in [2.24, 2.45) is 0 Å². The van der Waals surface area contributed by atoms with E-state index in [4.69, 9.17) is 18.9 Å². The molecule has 0 saturated carbocycles. The minimum Gasteiger partial charge on any atom is -0.366 e. The molecule has 1 rings (SSSR count). The number of unbranched alkanes of at least 4 members (excludes halogenated alkanes) is 6. The summed E-state index contributed by atoms with van der Waals surface area (Å²) in [6, 6.07) is 10.5. The fourth-order valence-electron chi connectivity index (χ4n) is 4.18. The zero-order valence-corrected chi connectivity index (χ0v) is 20.9. The summed E-state index contributed by atoms with van der Waals surface area (Å²) in [5.41, 5.74) is 0.518. The Kier molecular flexibility index (Phi) is 15.1. The number of benzene rings is 1. The van der Waals surface area contributed by atoms with Gasteiger partial charge in [-0.1, -0.05) is 89.1 Å². The SMILES string of the molecule is CCCCCCCCC(Cc1ccccc1)(OCCCC)C(OCC)(OCC)OCC. The highest BCUT2D eigenvalue weighted by atomic mass is 16.9. The summed E-state index contributed by atoms with van der Waals surface area (Å²) >= 11 is 0. The van der Waals surface area contributed by atoms with Gasteiger partial charge in [0.25, 0.3) is 0 Å². The van der Waals surface area contributed by atoms with Crippen molar-refractivity contribution in [1.29, 1.82) is 0 Å². The van der Waals surface area contributed by atoms with Crippen molar-refractivity contribution in [3.05, 3.63) is 35.9 Å². The first-order chi connectivity index (χ1) is 15.1. The highest BCUT2D eigenvalue weighted by Gasteiger charge is 2.56. The summed E-state index contributed by atoms with van der Waals surface area (Å²) in [7, 11) is 0. The smallest absolute Gasteiger partial charge is 0.314 e. The Morgan fingerprint density at radius 1 is 0.613 bits per heavy atom. The Bertz CT molecular complexity index is 516. The van der Waals surface area contributed by atoms with Crippen LogP contribution in [0, 0.1) is 0 Å². The van der Waals surface area contributed by atoms with Crippen LogP contribution in [0.25, 0.3) is 0 Å². The molecular formula is C27H48O4. The molecule has 0 aliphatic rings. The van der Waals surface area contributed by atoms with Crippen molar-refractivity contribution in [1.82, 2.24) is 0 Å². The van der Waals surface area contributed by atoms with Gasteiger partial charge >= 0.3 is 5.97 Å². The van der Waals surface area contributed by atoms with E-state index in [-0.39, 0.29) is 0 Å². The van der Waals surface area contributed by atoms with E-state index in [0.717, 1.165) is 25.7 Å². The summed E-state index contributed by atoms with van der Waals surface area (Å²) in [6.45, 7) is 12.6. The molecule has 0 radical (unpaired) electrons. The maximum Gasteiger partial charge on any atom is 0.314 e. The van der Waals surface area contributed by atoms with Crippen molar-refractivity contribution in [3.8, 4) is 0 Å². The van der Waals surface area contributed by atoms with E-state index in [1.165, 1.54) is 37.7 Å². The topological polar surface area (TPSA) is 36.9 Å². The second-order valence-corrected chi connectivity index (χ2v) is 8.23. The molecule has 1 aromatic carbocycles. The van der Waals surface area contributed by atoms with Crippen molar-refractivity contribution >= 4 is 0 Å². The fraction of sp³-hybridized carbons (Fsp3) is 0.778. The summed E-state index contributed by atoms with van der Waals surface area (Å²) in [4.78, 5) is 0. The highest BCUT2D eigenvalue weighted by Crippen LogP contribution is 2.40. The lowest BCUT2D eigenvalue weighted by Crippen LogP contribution is -2.62. The maximum atomic E-state index is 6.75. The lowest BCUT2D eigenvalue weighted by atomic mass is 9.85. The van der Waals surface area contributed by atoms with Crippen LogP contribution in [-0.4, -0.2) is 38.0 Å². The van der Waals surface area contributed by atoms with Crippen LogP contribution < -0.4 is 0 Å².